The van der Waals surface area contributed by atoms with Crippen molar-refractivity contribution in [2.45, 2.75) is 19.3 Å². The fraction of sp³-hybridized carbons (Fsp3) is 0.857. The van der Waals surface area contributed by atoms with Gasteiger partial charge in [-0.05, 0) is 19.3 Å². The minimum absolute atomic E-state index is 0.174. The Labute approximate surface area is 126 Å². The molecule has 0 aromatic heterocycles. The molecule has 1 amide bonds. The van der Waals surface area contributed by atoms with Crippen LogP contribution in [0.15, 0.2) is 4.99 Å². The Bertz CT molecular complexity index is 319. The summed E-state index contributed by atoms with van der Waals surface area (Å²) in [4.78, 5) is 15.6. The van der Waals surface area contributed by atoms with Crippen LogP contribution < -0.4 is 16.0 Å². The summed E-state index contributed by atoms with van der Waals surface area (Å²) in [5.74, 6) is 1.18. The molecule has 0 spiro atoms. The maximum absolute atomic E-state index is 11.4. The summed E-state index contributed by atoms with van der Waals surface area (Å²) in [6.45, 7) is 4.04. The largest absolute Gasteiger partial charge is 0.382 e. The SMILES string of the molecule is CN=C(NCCCOCCOC)NCCNC(=O)C1CC1. The zero-order chi connectivity index (χ0) is 15.3. The number of methoxy groups -OCH3 is 1. The van der Waals surface area contributed by atoms with Gasteiger partial charge in [0.15, 0.2) is 5.96 Å². The number of carbonyl (C=O) groups excluding carboxylic acids is 1. The molecule has 0 aromatic carbocycles. The van der Waals surface area contributed by atoms with Gasteiger partial charge in [-0.15, -0.1) is 0 Å². The predicted octanol–water partition coefficient (Wildman–Crippen LogP) is -0.269. The maximum Gasteiger partial charge on any atom is 0.223 e. The van der Waals surface area contributed by atoms with Gasteiger partial charge in [-0.2, -0.15) is 0 Å². The molecule has 0 saturated heterocycles. The van der Waals surface area contributed by atoms with E-state index in [1.54, 1.807) is 14.2 Å². The normalized spacial score (nSPS) is 14.9. The molecular formula is C14H28N4O3. The average Bonchev–Trinajstić information content (AvgIpc) is 3.33. The van der Waals surface area contributed by atoms with E-state index < -0.39 is 0 Å². The van der Waals surface area contributed by atoms with Gasteiger partial charge >= 0.3 is 0 Å². The molecule has 21 heavy (non-hydrogen) atoms. The molecule has 0 radical (unpaired) electrons. The third-order valence-electron chi connectivity index (χ3n) is 3.08. The molecule has 3 N–H and O–H groups in total. The molecule has 1 aliphatic carbocycles. The maximum atomic E-state index is 11.4. The smallest absolute Gasteiger partial charge is 0.223 e. The number of rotatable bonds is 11. The number of carbonyl (C=O) groups is 1. The molecular weight excluding hydrogens is 272 g/mol. The van der Waals surface area contributed by atoms with Crippen molar-refractivity contribution >= 4 is 11.9 Å². The Hall–Kier alpha value is -1.34. The molecule has 0 aromatic rings. The minimum atomic E-state index is 0.174. The Kier molecular flexibility index (Phi) is 9.56. The highest BCUT2D eigenvalue weighted by Gasteiger charge is 2.28. The van der Waals surface area contributed by atoms with Crippen molar-refractivity contribution in [3.63, 3.8) is 0 Å². The van der Waals surface area contributed by atoms with Crippen LogP contribution in [0.1, 0.15) is 19.3 Å². The van der Waals surface area contributed by atoms with E-state index in [-0.39, 0.29) is 11.8 Å². The molecule has 0 atom stereocenters. The highest BCUT2D eigenvalue weighted by atomic mass is 16.5. The standard InChI is InChI=1S/C14H28N4O3/c1-15-14(17-6-3-9-21-11-10-20-2)18-8-7-16-13(19)12-4-5-12/h12H,3-11H2,1-2H3,(H,16,19)(H2,15,17,18). The molecule has 7 heteroatoms. The van der Waals surface area contributed by atoms with Gasteiger partial charge in [0.05, 0.1) is 13.2 Å². The topological polar surface area (TPSA) is 84.0 Å². The lowest BCUT2D eigenvalue weighted by Gasteiger charge is -2.12. The van der Waals surface area contributed by atoms with Gasteiger partial charge in [-0.1, -0.05) is 0 Å². The van der Waals surface area contributed by atoms with Crippen LogP contribution in [0.3, 0.4) is 0 Å². The lowest BCUT2D eigenvalue weighted by molar-refractivity contribution is -0.122. The Morgan fingerprint density at radius 2 is 1.81 bits per heavy atom. The number of nitrogens with zero attached hydrogens (tertiary/aromatic N) is 1. The van der Waals surface area contributed by atoms with E-state index in [4.69, 9.17) is 9.47 Å². The minimum Gasteiger partial charge on any atom is -0.382 e. The molecule has 0 aliphatic heterocycles. The van der Waals surface area contributed by atoms with Crippen LogP contribution in [0.2, 0.25) is 0 Å². The number of aliphatic imine (C=N–C) groups is 1. The predicted molar refractivity (Wildman–Crippen MR) is 82.4 cm³/mol. The fourth-order valence-electron chi connectivity index (χ4n) is 1.70. The van der Waals surface area contributed by atoms with Crippen LogP contribution >= 0.6 is 0 Å². The van der Waals surface area contributed by atoms with E-state index in [2.05, 4.69) is 20.9 Å². The monoisotopic (exact) mass is 300 g/mol. The highest BCUT2D eigenvalue weighted by molar-refractivity contribution is 5.81. The fourth-order valence-corrected chi connectivity index (χ4v) is 1.70. The van der Waals surface area contributed by atoms with E-state index in [0.717, 1.165) is 31.8 Å². The number of nitrogens with one attached hydrogen (secondary N) is 3. The van der Waals surface area contributed by atoms with Crippen molar-refractivity contribution in [1.82, 2.24) is 16.0 Å². The van der Waals surface area contributed by atoms with E-state index >= 15 is 0 Å². The highest BCUT2D eigenvalue weighted by Crippen LogP contribution is 2.28. The zero-order valence-electron chi connectivity index (χ0n) is 13.1. The summed E-state index contributed by atoms with van der Waals surface area (Å²) in [6.07, 6.45) is 2.98. The molecule has 0 bridgehead atoms. The van der Waals surface area contributed by atoms with Crippen molar-refractivity contribution in [3.8, 4) is 0 Å². The molecule has 1 fully saturated rings. The summed E-state index contributed by atoms with van der Waals surface area (Å²) in [6, 6.07) is 0. The van der Waals surface area contributed by atoms with Crippen LogP contribution in [0.25, 0.3) is 0 Å². The Morgan fingerprint density at radius 1 is 1.10 bits per heavy atom. The first-order valence-corrected chi connectivity index (χ1v) is 7.57. The van der Waals surface area contributed by atoms with Gasteiger partial charge in [0.25, 0.3) is 0 Å². The summed E-state index contributed by atoms with van der Waals surface area (Å²) in [5.41, 5.74) is 0. The van der Waals surface area contributed by atoms with Gasteiger partial charge in [-0.3, -0.25) is 9.79 Å². The lowest BCUT2D eigenvalue weighted by atomic mass is 10.4. The average molecular weight is 300 g/mol. The van der Waals surface area contributed by atoms with Crippen molar-refractivity contribution in [3.05, 3.63) is 0 Å². The molecule has 0 heterocycles. The lowest BCUT2D eigenvalue weighted by Crippen LogP contribution is -2.42. The van der Waals surface area contributed by atoms with Gasteiger partial charge < -0.3 is 25.4 Å². The van der Waals surface area contributed by atoms with Crippen LogP contribution in [-0.2, 0) is 14.3 Å². The van der Waals surface area contributed by atoms with Crippen LogP contribution in [0, 0.1) is 5.92 Å². The van der Waals surface area contributed by atoms with Gasteiger partial charge in [0, 0.05) is 46.3 Å². The quantitative estimate of drug-likeness (QED) is 0.278. The first-order chi connectivity index (χ1) is 10.3. The Morgan fingerprint density at radius 3 is 2.48 bits per heavy atom. The molecule has 1 saturated carbocycles. The van der Waals surface area contributed by atoms with E-state index in [0.29, 0.717) is 32.9 Å². The molecule has 1 aliphatic rings. The van der Waals surface area contributed by atoms with E-state index in [9.17, 15) is 4.79 Å². The summed E-state index contributed by atoms with van der Waals surface area (Å²) < 4.78 is 10.3. The Balaban J connectivity index is 1.92. The second-order valence-electron chi connectivity index (χ2n) is 4.95. The second-order valence-corrected chi connectivity index (χ2v) is 4.95. The first-order valence-electron chi connectivity index (χ1n) is 7.57. The molecule has 1 rings (SSSR count). The van der Waals surface area contributed by atoms with E-state index in [1.165, 1.54) is 0 Å². The summed E-state index contributed by atoms with van der Waals surface area (Å²) in [7, 11) is 3.39. The molecule has 7 nitrogen and oxygen atoms in total. The zero-order valence-corrected chi connectivity index (χ0v) is 13.1. The van der Waals surface area contributed by atoms with Gasteiger partial charge in [0.2, 0.25) is 5.91 Å². The van der Waals surface area contributed by atoms with Gasteiger partial charge in [0.1, 0.15) is 0 Å². The van der Waals surface area contributed by atoms with E-state index in [1.807, 2.05) is 0 Å². The van der Waals surface area contributed by atoms with Crippen molar-refractivity contribution < 1.29 is 14.3 Å². The number of hydrogen-bond donors (Lipinski definition) is 3. The van der Waals surface area contributed by atoms with Crippen molar-refractivity contribution in [2.24, 2.45) is 10.9 Å². The third-order valence-corrected chi connectivity index (χ3v) is 3.08. The summed E-state index contributed by atoms with van der Waals surface area (Å²) >= 11 is 0. The number of hydrogen-bond acceptors (Lipinski definition) is 4. The first kappa shape index (κ1) is 17.7. The van der Waals surface area contributed by atoms with Gasteiger partial charge in [-0.25, -0.2) is 0 Å². The van der Waals surface area contributed by atoms with Crippen LogP contribution in [-0.4, -0.2) is 65.5 Å². The number of amides is 1. The van der Waals surface area contributed by atoms with Crippen LogP contribution in [0.4, 0.5) is 0 Å². The van der Waals surface area contributed by atoms with Crippen molar-refractivity contribution in [1.29, 1.82) is 0 Å². The number of guanidine groups is 1. The van der Waals surface area contributed by atoms with Crippen LogP contribution in [0.5, 0.6) is 0 Å². The second kappa shape index (κ2) is 11.3. The number of ether oxygens (including phenoxy) is 2. The summed E-state index contributed by atoms with van der Waals surface area (Å²) in [5, 5.41) is 9.26. The molecule has 122 valence electrons. The molecule has 0 unspecified atom stereocenters. The van der Waals surface area contributed by atoms with Crippen molar-refractivity contribution in [2.75, 3.05) is 53.6 Å². The third kappa shape index (κ3) is 9.25.